The predicted molar refractivity (Wildman–Crippen MR) is 48.6 cm³/mol. The van der Waals surface area contributed by atoms with Crippen molar-refractivity contribution in [2.45, 2.75) is 18.7 Å². The zero-order valence-corrected chi connectivity index (χ0v) is 8.38. The number of alkyl halides is 3. The minimum Gasteiger partial charge on any atom is -0.497 e. The van der Waals surface area contributed by atoms with Crippen LogP contribution < -0.4 is 4.74 Å². The van der Waals surface area contributed by atoms with E-state index in [2.05, 4.69) is 4.74 Å². The molecule has 0 heterocycles. The molecule has 0 spiro atoms. The van der Waals surface area contributed by atoms with Crippen LogP contribution in [0.3, 0.4) is 0 Å². The van der Waals surface area contributed by atoms with Crippen LogP contribution in [0.5, 0.6) is 5.75 Å². The van der Waals surface area contributed by atoms with Gasteiger partial charge < -0.3 is 9.84 Å². The molecule has 0 amide bonds. The minimum atomic E-state index is -4.54. The summed E-state index contributed by atoms with van der Waals surface area (Å²) < 4.78 is 53.8. The zero-order valence-electron chi connectivity index (χ0n) is 8.38. The molecule has 6 heteroatoms. The molecule has 0 aromatic heterocycles. The van der Waals surface area contributed by atoms with Crippen molar-refractivity contribution in [2.75, 3.05) is 7.11 Å². The molecule has 0 saturated carbocycles. The summed E-state index contributed by atoms with van der Waals surface area (Å²) in [6.07, 6.45) is -7.91. The van der Waals surface area contributed by atoms with Gasteiger partial charge in [-0.05, 0) is 12.1 Å². The third-order valence-electron chi connectivity index (χ3n) is 1.99. The zero-order chi connectivity index (χ0) is 12.3. The first-order valence-electron chi connectivity index (χ1n) is 4.42. The molecule has 1 unspecified atom stereocenters. The quantitative estimate of drug-likeness (QED) is 0.820. The number of methoxy groups -OCH3 is 1. The van der Waals surface area contributed by atoms with E-state index in [-0.39, 0.29) is 5.75 Å². The summed E-state index contributed by atoms with van der Waals surface area (Å²) in [5.74, 6) is -0.739. The lowest BCUT2D eigenvalue weighted by Crippen LogP contribution is -2.14. The number of benzene rings is 1. The number of rotatable bonds is 3. The average Bonchev–Trinajstić information content (AvgIpc) is 2.14. The van der Waals surface area contributed by atoms with Crippen molar-refractivity contribution in [3.8, 4) is 5.75 Å². The predicted octanol–water partition coefficient (Wildman–Crippen LogP) is 2.82. The van der Waals surface area contributed by atoms with E-state index in [1.54, 1.807) is 0 Å². The highest BCUT2D eigenvalue weighted by Crippen LogP contribution is 2.31. The van der Waals surface area contributed by atoms with Crippen LogP contribution in [0.25, 0.3) is 0 Å². The number of aliphatic hydroxyl groups is 1. The molecule has 1 aromatic rings. The molecule has 1 N–H and O–H groups in total. The topological polar surface area (TPSA) is 29.5 Å². The van der Waals surface area contributed by atoms with Crippen molar-refractivity contribution in [1.29, 1.82) is 0 Å². The molecule has 0 fully saturated rings. The molecular weight excluding hydrogens is 228 g/mol. The Bertz CT molecular complexity index is 362. The maximum absolute atomic E-state index is 13.3. The van der Waals surface area contributed by atoms with Gasteiger partial charge in [0, 0.05) is 11.6 Å². The second kappa shape index (κ2) is 4.69. The van der Waals surface area contributed by atoms with Crippen molar-refractivity contribution >= 4 is 0 Å². The van der Waals surface area contributed by atoms with Gasteiger partial charge in [-0.25, -0.2) is 4.39 Å². The van der Waals surface area contributed by atoms with Crippen LogP contribution in [0.15, 0.2) is 18.2 Å². The molecule has 16 heavy (non-hydrogen) atoms. The summed E-state index contributed by atoms with van der Waals surface area (Å²) in [7, 11) is 1.31. The first kappa shape index (κ1) is 12.8. The van der Waals surface area contributed by atoms with Crippen LogP contribution >= 0.6 is 0 Å². The number of aliphatic hydroxyl groups excluding tert-OH is 1. The van der Waals surface area contributed by atoms with Gasteiger partial charge in [-0.15, -0.1) is 0 Å². The highest BCUT2D eigenvalue weighted by molar-refractivity contribution is 5.30. The fraction of sp³-hybridized carbons (Fsp3) is 0.400. The van der Waals surface area contributed by atoms with Crippen molar-refractivity contribution in [1.82, 2.24) is 0 Å². The lowest BCUT2D eigenvalue weighted by atomic mass is 10.1. The summed E-state index contributed by atoms with van der Waals surface area (Å²) in [6.45, 7) is 0. The molecule has 90 valence electrons. The third kappa shape index (κ3) is 3.37. The Morgan fingerprint density at radius 1 is 1.38 bits per heavy atom. The smallest absolute Gasteiger partial charge is 0.391 e. The van der Waals surface area contributed by atoms with Gasteiger partial charge in [0.05, 0.1) is 19.6 Å². The Labute approximate surface area is 89.5 Å². The van der Waals surface area contributed by atoms with Gasteiger partial charge in [0.2, 0.25) is 0 Å². The largest absolute Gasteiger partial charge is 0.497 e. The van der Waals surface area contributed by atoms with Crippen LogP contribution in [-0.2, 0) is 0 Å². The van der Waals surface area contributed by atoms with E-state index in [1.165, 1.54) is 13.2 Å². The molecule has 1 rings (SSSR count). The highest BCUT2D eigenvalue weighted by Gasteiger charge is 2.32. The van der Waals surface area contributed by atoms with Gasteiger partial charge in [-0.1, -0.05) is 0 Å². The number of halogens is 4. The monoisotopic (exact) mass is 238 g/mol. The van der Waals surface area contributed by atoms with E-state index in [9.17, 15) is 22.7 Å². The second-order valence-corrected chi connectivity index (χ2v) is 3.22. The maximum Gasteiger partial charge on any atom is 0.391 e. The van der Waals surface area contributed by atoms with Crippen molar-refractivity contribution < 1.29 is 27.4 Å². The van der Waals surface area contributed by atoms with Gasteiger partial charge in [0.15, 0.2) is 0 Å². The summed E-state index contributed by atoms with van der Waals surface area (Å²) in [5.41, 5.74) is -0.391. The van der Waals surface area contributed by atoms with E-state index in [0.29, 0.717) is 0 Å². The molecule has 0 bridgehead atoms. The Balaban J connectivity index is 2.88. The second-order valence-electron chi connectivity index (χ2n) is 3.22. The van der Waals surface area contributed by atoms with E-state index >= 15 is 0 Å². The van der Waals surface area contributed by atoms with Crippen LogP contribution in [0, 0.1) is 5.82 Å². The molecule has 0 radical (unpaired) electrons. The fourth-order valence-corrected chi connectivity index (χ4v) is 1.23. The number of hydrogen-bond acceptors (Lipinski definition) is 2. The molecular formula is C10H10F4O2. The van der Waals surface area contributed by atoms with Crippen LogP contribution in [0.2, 0.25) is 0 Å². The molecule has 0 aliphatic rings. The van der Waals surface area contributed by atoms with E-state index in [1.807, 2.05) is 0 Å². The van der Waals surface area contributed by atoms with Gasteiger partial charge in [0.25, 0.3) is 0 Å². The van der Waals surface area contributed by atoms with Crippen molar-refractivity contribution in [3.05, 3.63) is 29.6 Å². The van der Waals surface area contributed by atoms with Gasteiger partial charge in [0.1, 0.15) is 11.6 Å². The molecule has 0 saturated heterocycles. The van der Waals surface area contributed by atoms with Gasteiger partial charge in [-0.2, -0.15) is 13.2 Å². The van der Waals surface area contributed by atoms with Crippen LogP contribution in [0.1, 0.15) is 18.1 Å². The van der Waals surface area contributed by atoms with E-state index < -0.39 is 30.1 Å². The van der Waals surface area contributed by atoms with Crippen LogP contribution in [-0.4, -0.2) is 18.4 Å². The van der Waals surface area contributed by atoms with Gasteiger partial charge in [-0.3, -0.25) is 0 Å². The lowest BCUT2D eigenvalue weighted by molar-refractivity contribution is -0.154. The molecule has 0 aliphatic carbocycles. The first-order chi connectivity index (χ1) is 7.33. The highest BCUT2D eigenvalue weighted by atomic mass is 19.4. The SMILES string of the molecule is COc1ccc(C(O)CC(F)(F)F)c(F)c1. The summed E-state index contributed by atoms with van der Waals surface area (Å²) in [4.78, 5) is 0. The van der Waals surface area contributed by atoms with Gasteiger partial charge >= 0.3 is 6.18 Å². The molecule has 0 aliphatic heterocycles. The Kier molecular flexibility index (Phi) is 3.74. The van der Waals surface area contributed by atoms with Crippen LogP contribution in [0.4, 0.5) is 17.6 Å². The Morgan fingerprint density at radius 2 is 2.00 bits per heavy atom. The molecule has 1 aromatic carbocycles. The summed E-state index contributed by atoms with van der Waals surface area (Å²) in [6, 6.07) is 3.29. The number of hydrogen-bond donors (Lipinski definition) is 1. The fourth-order valence-electron chi connectivity index (χ4n) is 1.23. The van der Waals surface area contributed by atoms with Crippen molar-refractivity contribution in [3.63, 3.8) is 0 Å². The Hall–Kier alpha value is -1.30. The average molecular weight is 238 g/mol. The maximum atomic E-state index is 13.3. The van der Waals surface area contributed by atoms with E-state index in [0.717, 1.165) is 12.1 Å². The lowest BCUT2D eigenvalue weighted by Gasteiger charge is -2.14. The third-order valence-corrected chi connectivity index (χ3v) is 1.99. The molecule has 2 nitrogen and oxygen atoms in total. The van der Waals surface area contributed by atoms with Crippen molar-refractivity contribution in [2.24, 2.45) is 0 Å². The number of ether oxygens (including phenoxy) is 1. The Morgan fingerprint density at radius 3 is 2.44 bits per heavy atom. The molecule has 1 atom stereocenters. The first-order valence-corrected chi connectivity index (χ1v) is 4.42. The summed E-state index contributed by atoms with van der Waals surface area (Å²) in [5, 5.41) is 9.20. The van der Waals surface area contributed by atoms with E-state index in [4.69, 9.17) is 0 Å². The standard InChI is InChI=1S/C10H10F4O2/c1-16-6-2-3-7(8(11)4-6)9(15)5-10(12,13)14/h2-4,9,15H,5H2,1H3. The minimum absolute atomic E-state index is 0.181. The summed E-state index contributed by atoms with van der Waals surface area (Å²) >= 11 is 0. The normalized spacial score (nSPS) is 13.6.